The van der Waals surface area contributed by atoms with Crippen LogP contribution in [0, 0.1) is 10.1 Å². The van der Waals surface area contributed by atoms with Crippen LogP contribution in [0.15, 0.2) is 24.3 Å². The van der Waals surface area contributed by atoms with Gasteiger partial charge >= 0.3 is 5.97 Å². The second-order valence-corrected chi connectivity index (χ2v) is 3.46. The van der Waals surface area contributed by atoms with Gasteiger partial charge in [0.15, 0.2) is 0 Å². The van der Waals surface area contributed by atoms with Crippen LogP contribution in [0.3, 0.4) is 0 Å². The number of nitrogens with two attached hydrogens (primary N) is 1. The predicted molar refractivity (Wildman–Crippen MR) is 61.3 cm³/mol. The number of nitrogens with zero attached hydrogens (tertiary/aromatic N) is 1. The van der Waals surface area contributed by atoms with E-state index in [1.807, 2.05) is 0 Å². The van der Waals surface area contributed by atoms with Crippen molar-refractivity contribution in [1.82, 2.24) is 0 Å². The van der Waals surface area contributed by atoms with Crippen molar-refractivity contribution in [2.24, 2.45) is 5.73 Å². The van der Waals surface area contributed by atoms with Gasteiger partial charge in [0.25, 0.3) is 5.69 Å². The van der Waals surface area contributed by atoms with Crippen LogP contribution in [0.25, 0.3) is 0 Å². The van der Waals surface area contributed by atoms with E-state index in [-0.39, 0.29) is 18.1 Å². The third kappa shape index (κ3) is 3.84. The number of non-ortho nitro benzene ring substituents is 1. The van der Waals surface area contributed by atoms with Crippen molar-refractivity contribution < 1.29 is 14.5 Å². The first kappa shape index (κ1) is 13.1. The van der Waals surface area contributed by atoms with Crippen molar-refractivity contribution in [3.8, 4) is 0 Å². The maximum absolute atomic E-state index is 11.2. The Balaban J connectivity index is 2.66. The minimum absolute atomic E-state index is 0.00270. The smallest absolute Gasteiger partial charge is 0.307 e. The fourth-order valence-electron chi connectivity index (χ4n) is 1.36. The number of carbonyl (C=O) groups excluding carboxylic acids is 1. The average Bonchev–Trinajstić information content (AvgIpc) is 2.29. The molecule has 0 unspecified atom stereocenters. The molecule has 0 amide bonds. The molecule has 1 aromatic rings. The summed E-state index contributed by atoms with van der Waals surface area (Å²) in [6.07, 6.45) is 0.0612. The second-order valence-electron chi connectivity index (χ2n) is 3.46. The summed E-state index contributed by atoms with van der Waals surface area (Å²) >= 11 is 0. The van der Waals surface area contributed by atoms with E-state index in [1.165, 1.54) is 12.1 Å². The van der Waals surface area contributed by atoms with Crippen molar-refractivity contribution in [2.45, 2.75) is 19.4 Å². The first-order chi connectivity index (χ1) is 8.04. The Morgan fingerprint density at radius 2 is 2.06 bits per heavy atom. The van der Waals surface area contributed by atoms with Gasteiger partial charge in [-0.15, -0.1) is 0 Å². The lowest BCUT2D eigenvalue weighted by Crippen LogP contribution is -2.17. The van der Waals surface area contributed by atoms with Crippen LogP contribution in [0.1, 0.15) is 24.9 Å². The summed E-state index contributed by atoms with van der Waals surface area (Å²) < 4.78 is 4.77. The zero-order valence-corrected chi connectivity index (χ0v) is 9.46. The van der Waals surface area contributed by atoms with Gasteiger partial charge < -0.3 is 10.5 Å². The van der Waals surface area contributed by atoms with Crippen LogP contribution in [0.5, 0.6) is 0 Å². The maximum atomic E-state index is 11.2. The molecular weight excluding hydrogens is 224 g/mol. The third-order valence-corrected chi connectivity index (χ3v) is 2.22. The molecule has 0 aromatic heterocycles. The number of esters is 1. The van der Waals surface area contributed by atoms with Gasteiger partial charge in [0.2, 0.25) is 0 Å². The highest BCUT2D eigenvalue weighted by Crippen LogP contribution is 2.18. The number of ether oxygens (including phenoxy) is 1. The Morgan fingerprint density at radius 3 is 2.53 bits per heavy atom. The maximum Gasteiger partial charge on any atom is 0.307 e. The lowest BCUT2D eigenvalue weighted by molar-refractivity contribution is -0.384. The number of nitro benzene ring substituents is 1. The summed E-state index contributed by atoms with van der Waals surface area (Å²) in [6, 6.07) is 5.31. The molecule has 17 heavy (non-hydrogen) atoms. The average molecular weight is 238 g/mol. The molecule has 2 N–H and O–H groups in total. The van der Waals surface area contributed by atoms with E-state index < -0.39 is 11.0 Å². The molecular formula is C11H14N2O4. The molecule has 0 spiro atoms. The van der Waals surface area contributed by atoms with Crippen LogP contribution in [0.4, 0.5) is 5.69 Å². The molecule has 0 radical (unpaired) electrons. The van der Waals surface area contributed by atoms with Gasteiger partial charge in [-0.05, 0) is 12.5 Å². The Hall–Kier alpha value is -1.95. The number of rotatable bonds is 5. The number of benzene rings is 1. The molecule has 0 aliphatic carbocycles. The van der Waals surface area contributed by atoms with E-state index in [0.29, 0.717) is 12.2 Å². The van der Waals surface area contributed by atoms with Crippen LogP contribution < -0.4 is 5.73 Å². The van der Waals surface area contributed by atoms with Gasteiger partial charge in [-0.2, -0.15) is 0 Å². The molecule has 0 heterocycles. The predicted octanol–water partition coefficient (Wildman–Crippen LogP) is 1.55. The Morgan fingerprint density at radius 1 is 1.47 bits per heavy atom. The summed E-state index contributed by atoms with van der Waals surface area (Å²) in [4.78, 5) is 21.2. The standard InChI is InChI=1S/C11H14N2O4/c1-2-17-11(14)7-10(12)8-3-5-9(6-4-8)13(15)16/h3-6,10H,2,7,12H2,1H3/t10-/m1/s1. The van der Waals surface area contributed by atoms with Crippen LogP contribution in [-0.2, 0) is 9.53 Å². The molecule has 6 heteroatoms. The SMILES string of the molecule is CCOC(=O)C[C@@H](N)c1ccc([N+](=O)[O-])cc1. The van der Waals surface area contributed by atoms with Gasteiger partial charge in [-0.1, -0.05) is 12.1 Å². The largest absolute Gasteiger partial charge is 0.466 e. The van der Waals surface area contributed by atoms with E-state index in [9.17, 15) is 14.9 Å². The summed E-state index contributed by atoms with van der Waals surface area (Å²) in [5.41, 5.74) is 6.45. The molecule has 0 aliphatic rings. The van der Waals surface area contributed by atoms with Crippen LogP contribution >= 0.6 is 0 Å². The van der Waals surface area contributed by atoms with E-state index >= 15 is 0 Å². The molecule has 1 aromatic carbocycles. The highest BCUT2D eigenvalue weighted by atomic mass is 16.6. The highest BCUT2D eigenvalue weighted by molar-refractivity contribution is 5.70. The first-order valence-electron chi connectivity index (χ1n) is 5.20. The summed E-state index contributed by atoms with van der Waals surface area (Å²) in [5.74, 6) is -0.377. The van der Waals surface area contributed by atoms with Crippen LogP contribution in [0.2, 0.25) is 0 Å². The molecule has 0 saturated heterocycles. The van der Waals surface area contributed by atoms with Crippen molar-refractivity contribution >= 4 is 11.7 Å². The Kier molecular flexibility index (Phi) is 4.59. The second kappa shape index (κ2) is 5.95. The van der Waals surface area contributed by atoms with E-state index in [4.69, 9.17) is 10.5 Å². The van der Waals surface area contributed by atoms with Crippen LogP contribution in [-0.4, -0.2) is 17.5 Å². The summed E-state index contributed by atoms with van der Waals surface area (Å²) in [5, 5.41) is 10.4. The zero-order chi connectivity index (χ0) is 12.8. The van der Waals surface area contributed by atoms with Gasteiger partial charge in [0.1, 0.15) is 0 Å². The van der Waals surface area contributed by atoms with Crippen molar-refractivity contribution in [3.05, 3.63) is 39.9 Å². The van der Waals surface area contributed by atoms with Gasteiger partial charge in [-0.25, -0.2) is 0 Å². The van der Waals surface area contributed by atoms with Crippen molar-refractivity contribution in [3.63, 3.8) is 0 Å². The fourth-order valence-corrected chi connectivity index (χ4v) is 1.36. The molecule has 0 fully saturated rings. The number of carbonyl (C=O) groups is 1. The monoisotopic (exact) mass is 238 g/mol. The molecule has 6 nitrogen and oxygen atoms in total. The number of nitro groups is 1. The zero-order valence-electron chi connectivity index (χ0n) is 9.46. The minimum atomic E-state index is -0.505. The summed E-state index contributed by atoms with van der Waals surface area (Å²) in [7, 11) is 0. The van der Waals surface area contributed by atoms with Gasteiger partial charge in [0.05, 0.1) is 18.0 Å². The Labute approximate surface area is 98.5 Å². The molecule has 1 rings (SSSR count). The first-order valence-corrected chi connectivity index (χ1v) is 5.20. The topological polar surface area (TPSA) is 95.5 Å². The molecule has 92 valence electrons. The van der Waals surface area contributed by atoms with Crippen molar-refractivity contribution in [2.75, 3.05) is 6.61 Å². The third-order valence-electron chi connectivity index (χ3n) is 2.22. The van der Waals surface area contributed by atoms with Gasteiger partial charge in [-0.3, -0.25) is 14.9 Å². The normalized spacial score (nSPS) is 11.9. The Bertz CT molecular complexity index is 402. The number of hydrogen-bond acceptors (Lipinski definition) is 5. The quantitative estimate of drug-likeness (QED) is 0.477. The molecule has 1 atom stereocenters. The molecule has 0 aliphatic heterocycles. The van der Waals surface area contributed by atoms with E-state index in [2.05, 4.69) is 0 Å². The molecule has 0 bridgehead atoms. The van der Waals surface area contributed by atoms with Crippen molar-refractivity contribution in [1.29, 1.82) is 0 Å². The summed E-state index contributed by atoms with van der Waals surface area (Å²) in [6.45, 7) is 2.03. The lowest BCUT2D eigenvalue weighted by atomic mass is 10.0. The fraction of sp³-hybridized carbons (Fsp3) is 0.364. The highest BCUT2D eigenvalue weighted by Gasteiger charge is 2.13. The number of hydrogen-bond donors (Lipinski definition) is 1. The van der Waals surface area contributed by atoms with E-state index in [0.717, 1.165) is 0 Å². The molecule has 0 saturated carbocycles. The van der Waals surface area contributed by atoms with Gasteiger partial charge in [0, 0.05) is 18.2 Å². The lowest BCUT2D eigenvalue weighted by Gasteiger charge is -2.10. The van der Waals surface area contributed by atoms with E-state index in [1.54, 1.807) is 19.1 Å². The minimum Gasteiger partial charge on any atom is -0.466 e.